The van der Waals surface area contributed by atoms with Crippen molar-refractivity contribution in [1.29, 1.82) is 5.26 Å². The van der Waals surface area contributed by atoms with E-state index < -0.39 is 0 Å². The fourth-order valence-corrected chi connectivity index (χ4v) is 1.77. The number of nitriles is 1. The molecule has 0 saturated heterocycles. The maximum absolute atomic E-state index is 13.0. The van der Waals surface area contributed by atoms with Crippen molar-refractivity contribution in [2.45, 2.75) is 12.8 Å². The molecule has 0 aliphatic rings. The van der Waals surface area contributed by atoms with Gasteiger partial charge in [-0.3, -0.25) is 0 Å². The maximum atomic E-state index is 13.0. The van der Waals surface area contributed by atoms with Gasteiger partial charge in [0.25, 0.3) is 0 Å². The first-order chi connectivity index (χ1) is 7.70. The molecule has 0 atom stereocenters. The van der Waals surface area contributed by atoms with Gasteiger partial charge in [-0.1, -0.05) is 11.6 Å². The van der Waals surface area contributed by atoms with Gasteiger partial charge in [-0.15, -0.1) is 0 Å². The summed E-state index contributed by atoms with van der Waals surface area (Å²) in [6.07, 6.45) is 0.914. The fourth-order valence-electron chi connectivity index (χ4n) is 1.53. The molecule has 80 valence electrons. The topological polar surface area (TPSA) is 36.7 Å². The molecule has 0 bridgehead atoms. The Balaban J connectivity index is 2.51. The summed E-state index contributed by atoms with van der Waals surface area (Å²) in [7, 11) is 0. The average molecular weight is 235 g/mol. The fraction of sp³-hybridized carbons (Fsp3) is 0.167. The molecule has 0 unspecified atom stereocenters. The van der Waals surface area contributed by atoms with Crippen LogP contribution < -0.4 is 0 Å². The van der Waals surface area contributed by atoms with Crippen LogP contribution in [0.25, 0.3) is 10.9 Å². The lowest BCUT2D eigenvalue weighted by molar-refractivity contribution is 0.629. The number of rotatable bonds is 2. The second-order valence-electron chi connectivity index (χ2n) is 3.43. The Bertz CT molecular complexity index is 575. The minimum Gasteiger partial charge on any atom is -0.236 e. The summed E-state index contributed by atoms with van der Waals surface area (Å²) in [5.41, 5.74) is 1.44. The highest BCUT2D eigenvalue weighted by Crippen LogP contribution is 2.22. The maximum Gasteiger partial charge on any atom is 0.133 e. The largest absolute Gasteiger partial charge is 0.236 e. The van der Waals surface area contributed by atoms with Crippen LogP contribution in [0.15, 0.2) is 24.3 Å². The second-order valence-corrected chi connectivity index (χ2v) is 3.79. The Morgan fingerprint density at radius 2 is 2.19 bits per heavy atom. The summed E-state index contributed by atoms with van der Waals surface area (Å²) < 4.78 is 13.0. The third kappa shape index (κ3) is 2.12. The van der Waals surface area contributed by atoms with Gasteiger partial charge in [-0.2, -0.15) is 5.26 Å². The van der Waals surface area contributed by atoms with Gasteiger partial charge in [-0.25, -0.2) is 9.37 Å². The number of fused-ring (bicyclic) bond motifs is 1. The van der Waals surface area contributed by atoms with Gasteiger partial charge < -0.3 is 0 Å². The summed E-state index contributed by atoms with van der Waals surface area (Å²) in [4.78, 5) is 4.16. The first-order valence-corrected chi connectivity index (χ1v) is 5.20. The lowest BCUT2D eigenvalue weighted by Crippen LogP contribution is -1.91. The van der Waals surface area contributed by atoms with Crippen LogP contribution in [0.2, 0.25) is 5.15 Å². The quantitative estimate of drug-likeness (QED) is 0.746. The molecule has 0 aliphatic heterocycles. The highest BCUT2D eigenvalue weighted by Gasteiger charge is 2.05. The molecule has 2 nitrogen and oxygen atoms in total. The first kappa shape index (κ1) is 10.8. The van der Waals surface area contributed by atoms with E-state index in [0.29, 0.717) is 28.9 Å². The normalized spacial score (nSPS) is 10.3. The summed E-state index contributed by atoms with van der Waals surface area (Å²) in [6.45, 7) is 0. The van der Waals surface area contributed by atoms with Crippen LogP contribution in [-0.4, -0.2) is 4.98 Å². The molecule has 1 aromatic carbocycles. The molecule has 0 fully saturated rings. The summed E-state index contributed by atoms with van der Waals surface area (Å²) >= 11 is 5.96. The zero-order chi connectivity index (χ0) is 11.5. The summed E-state index contributed by atoms with van der Waals surface area (Å²) in [5.74, 6) is -0.303. The van der Waals surface area contributed by atoms with E-state index in [1.165, 1.54) is 12.1 Å². The number of halogens is 2. The van der Waals surface area contributed by atoms with Gasteiger partial charge in [-0.05, 0) is 36.2 Å². The van der Waals surface area contributed by atoms with E-state index in [1.54, 1.807) is 12.1 Å². The van der Waals surface area contributed by atoms with E-state index in [9.17, 15) is 4.39 Å². The Kier molecular flexibility index (Phi) is 3.02. The molecule has 4 heteroatoms. The van der Waals surface area contributed by atoms with Crippen LogP contribution >= 0.6 is 11.6 Å². The molecule has 0 amide bonds. The second kappa shape index (κ2) is 4.46. The van der Waals surface area contributed by atoms with Crippen molar-refractivity contribution in [2.75, 3.05) is 0 Å². The molecule has 0 saturated carbocycles. The molecule has 0 N–H and O–H groups in total. The van der Waals surface area contributed by atoms with E-state index in [1.807, 2.05) is 6.07 Å². The Labute approximate surface area is 97.3 Å². The van der Waals surface area contributed by atoms with Crippen molar-refractivity contribution >= 4 is 22.5 Å². The highest BCUT2D eigenvalue weighted by atomic mass is 35.5. The molecule has 1 heterocycles. The Morgan fingerprint density at radius 3 is 2.94 bits per heavy atom. The van der Waals surface area contributed by atoms with Gasteiger partial charge >= 0.3 is 0 Å². The van der Waals surface area contributed by atoms with Gasteiger partial charge in [0, 0.05) is 11.8 Å². The van der Waals surface area contributed by atoms with E-state index in [4.69, 9.17) is 16.9 Å². The zero-order valence-electron chi connectivity index (χ0n) is 8.37. The molecular formula is C12H8ClFN2. The molecule has 0 spiro atoms. The molecule has 16 heavy (non-hydrogen) atoms. The smallest absolute Gasteiger partial charge is 0.133 e. The number of aryl methyl sites for hydroxylation is 1. The van der Waals surface area contributed by atoms with Gasteiger partial charge in [0.1, 0.15) is 11.0 Å². The predicted octanol–water partition coefficient (Wildman–Crippen LogP) is 3.48. The SMILES string of the molecule is N#CCCc1cc2cc(F)ccc2nc1Cl. The number of aromatic nitrogens is 1. The molecule has 0 radical (unpaired) electrons. The predicted molar refractivity (Wildman–Crippen MR) is 60.6 cm³/mol. The Morgan fingerprint density at radius 1 is 1.38 bits per heavy atom. The number of hydrogen-bond donors (Lipinski definition) is 0. The lowest BCUT2D eigenvalue weighted by atomic mass is 10.1. The van der Waals surface area contributed by atoms with Crippen LogP contribution in [0.3, 0.4) is 0 Å². The van der Waals surface area contributed by atoms with Gasteiger partial charge in [0.15, 0.2) is 0 Å². The third-order valence-electron chi connectivity index (χ3n) is 2.31. The van der Waals surface area contributed by atoms with Crippen LogP contribution in [0.4, 0.5) is 4.39 Å². The minimum atomic E-state index is -0.303. The van der Waals surface area contributed by atoms with Crippen molar-refractivity contribution in [2.24, 2.45) is 0 Å². The van der Waals surface area contributed by atoms with Crippen LogP contribution in [-0.2, 0) is 6.42 Å². The lowest BCUT2D eigenvalue weighted by Gasteiger charge is -2.04. The highest BCUT2D eigenvalue weighted by molar-refractivity contribution is 6.30. The van der Waals surface area contributed by atoms with E-state index in [0.717, 1.165) is 5.56 Å². The molecule has 0 aliphatic carbocycles. The molecule has 2 aromatic rings. The molecule has 1 aromatic heterocycles. The zero-order valence-corrected chi connectivity index (χ0v) is 9.13. The van der Waals surface area contributed by atoms with E-state index in [-0.39, 0.29) is 5.82 Å². The third-order valence-corrected chi connectivity index (χ3v) is 2.64. The number of hydrogen-bond acceptors (Lipinski definition) is 2. The van der Waals surface area contributed by atoms with E-state index >= 15 is 0 Å². The van der Waals surface area contributed by atoms with E-state index in [2.05, 4.69) is 4.98 Å². The summed E-state index contributed by atoms with van der Waals surface area (Å²) in [5, 5.41) is 9.59. The number of pyridine rings is 1. The average Bonchev–Trinajstić information content (AvgIpc) is 2.27. The molecule has 2 rings (SSSR count). The number of nitrogens with zero attached hydrogens (tertiary/aromatic N) is 2. The first-order valence-electron chi connectivity index (χ1n) is 4.82. The standard InChI is InChI=1S/C12H8ClFN2/c13-12-8(2-1-5-15)6-9-7-10(14)3-4-11(9)16-12/h3-4,6-7H,1-2H2. The van der Waals surface area contributed by atoms with Crippen molar-refractivity contribution in [3.63, 3.8) is 0 Å². The monoisotopic (exact) mass is 234 g/mol. The van der Waals surface area contributed by atoms with Crippen molar-refractivity contribution in [3.05, 3.63) is 40.8 Å². The molecular weight excluding hydrogens is 227 g/mol. The van der Waals surface area contributed by atoms with Crippen LogP contribution in [0.5, 0.6) is 0 Å². The van der Waals surface area contributed by atoms with Gasteiger partial charge in [0.05, 0.1) is 11.6 Å². The number of benzene rings is 1. The summed E-state index contributed by atoms with van der Waals surface area (Å²) in [6, 6.07) is 8.17. The minimum absolute atomic E-state index is 0.303. The van der Waals surface area contributed by atoms with Crippen molar-refractivity contribution in [1.82, 2.24) is 4.98 Å². The van der Waals surface area contributed by atoms with Crippen molar-refractivity contribution in [3.8, 4) is 6.07 Å². The Hall–Kier alpha value is -1.66. The van der Waals surface area contributed by atoms with Crippen LogP contribution in [0.1, 0.15) is 12.0 Å². The van der Waals surface area contributed by atoms with Gasteiger partial charge in [0.2, 0.25) is 0 Å². The van der Waals surface area contributed by atoms with Crippen LogP contribution in [0, 0.1) is 17.1 Å². The van der Waals surface area contributed by atoms with Crippen molar-refractivity contribution < 1.29 is 4.39 Å².